The number of benzene rings is 2. The van der Waals surface area contributed by atoms with E-state index in [2.05, 4.69) is 70.9 Å². The largest absolute Gasteiger partial charge is 0.287 e. The van der Waals surface area contributed by atoms with Crippen LogP contribution in [0.4, 0.5) is 0 Å². The van der Waals surface area contributed by atoms with Crippen LogP contribution in [0, 0.1) is 11.8 Å². The predicted molar refractivity (Wildman–Crippen MR) is 102 cm³/mol. The third-order valence-corrected chi connectivity index (χ3v) is 6.63. The van der Waals surface area contributed by atoms with Gasteiger partial charge < -0.3 is 0 Å². The van der Waals surface area contributed by atoms with E-state index in [-0.39, 0.29) is 5.54 Å². The van der Waals surface area contributed by atoms with Crippen LogP contribution in [0.3, 0.4) is 0 Å². The van der Waals surface area contributed by atoms with E-state index >= 15 is 0 Å². The Morgan fingerprint density at radius 1 is 1.00 bits per heavy atom. The number of nitrogens with zero attached hydrogens (tertiary/aromatic N) is 2. The first-order valence-corrected chi connectivity index (χ1v) is 9.89. The Balaban J connectivity index is 1.78. The van der Waals surface area contributed by atoms with Crippen molar-refractivity contribution in [2.75, 3.05) is 13.1 Å². The van der Waals surface area contributed by atoms with E-state index in [9.17, 15) is 0 Å². The summed E-state index contributed by atoms with van der Waals surface area (Å²) in [4.78, 5) is 7.52. The smallest absolute Gasteiger partial charge is 0.118 e. The molecule has 2 aromatic carbocycles. The van der Waals surface area contributed by atoms with Crippen molar-refractivity contribution in [2.45, 2.75) is 18.4 Å². The standard InChI is InChI=1S/C22H21N2S/c1-3-7-18(8-4-1)20-15-17-11-13-24(16-17)22(20,21-23-12-14-25-21)19-9-5-2-6-10-19/h1-10,12,14,17H,11,13,15-16H2. The third kappa shape index (κ3) is 2.30. The molecule has 3 unspecified atom stereocenters. The molecule has 3 aromatic rings. The SMILES string of the molecule is c1ccc([C]2CC3CCN(C3)C2(c2ccccc2)c2nccs2)cc1. The number of fused-ring (bicyclic) bond motifs is 2. The van der Waals surface area contributed by atoms with Crippen molar-refractivity contribution in [3.63, 3.8) is 0 Å². The van der Waals surface area contributed by atoms with Crippen molar-refractivity contribution in [2.24, 2.45) is 5.92 Å². The average Bonchev–Trinajstić information content (AvgIpc) is 3.35. The average molecular weight is 345 g/mol. The summed E-state index contributed by atoms with van der Waals surface area (Å²) in [6.45, 7) is 2.32. The number of thiazole rings is 1. The van der Waals surface area contributed by atoms with Gasteiger partial charge in [0.2, 0.25) is 0 Å². The summed E-state index contributed by atoms with van der Waals surface area (Å²) >= 11 is 1.79. The van der Waals surface area contributed by atoms with Crippen LogP contribution < -0.4 is 0 Å². The summed E-state index contributed by atoms with van der Waals surface area (Å²) in [5, 5.41) is 3.32. The molecule has 2 fully saturated rings. The van der Waals surface area contributed by atoms with Gasteiger partial charge in [-0.05, 0) is 36.4 Å². The van der Waals surface area contributed by atoms with Crippen molar-refractivity contribution in [3.05, 3.63) is 94.3 Å². The molecular weight excluding hydrogens is 324 g/mol. The zero-order valence-electron chi connectivity index (χ0n) is 14.1. The van der Waals surface area contributed by atoms with Gasteiger partial charge in [0.25, 0.3) is 0 Å². The molecule has 2 aliphatic heterocycles. The second-order valence-corrected chi connectivity index (χ2v) is 7.96. The fourth-order valence-corrected chi connectivity index (χ4v) is 5.64. The lowest BCUT2D eigenvalue weighted by atomic mass is 9.68. The first kappa shape index (κ1) is 15.3. The van der Waals surface area contributed by atoms with E-state index in [1.54, 1.807) is 11.3 Å². The molecule has 0 saturated carbocycles. The minimum absolute atomic E-state index is 0.218. The maximum atomic E-state index is 4.84. The molecule has 0 amide bonds. The van der Waals surface area contributed by atoms with Crippen molar-refractivity contribution in [1.29, 1.82) is 0 Å². The lowest BCUT2D eigenvalue weighted by Gasteiger charge is -2.49. The van der Waals surface area contributed by atoms with Crippen LogP contribution in [0.5, 0.6) is 0 Å². The molecule has 3 heterocycles. The molecule has 0 aliphatic carbocycles. The van der Waals surface area contributed by atoms with Crippen LogP contribution in [0.25, 0.3) is 0 Å². The molecule has 2 saturated heterocycles. The molecule has 5 rings (SSSR count). The Morgan fingerprint density at radius 3 is 2.48 bits per heavy atom. The molecule has 25 heavy (non-hydrogen) atoms. The fourth-order valence-electron chi connectivity index (χ4n) is 4.72. The molecule has 2 bridgehead atoms. The van der Waals surface area contributed by atoms with E-state index in [1.165, 1.54) is 35.0 Å². The lowest BCUT2D eigenvalue weighted by molar-refractivity contribution is 0.135. The fraction of sp³-hybridized carbons (Fsp3) is 0.273. The summed E-state index contributed by atoms with van der Waals surface area (Å²) in [5.74, 6) is 2.29. The van der Waals surface area contributed by atoms with E-state index in [1.807, 2.05) is 6.20 Å². The number of hydrogen-bond donors (Lipinski definition) is 0. The van der Waals surface area contributed by atoms with Crippen LogP contribution in [-0.4, -0.2) is 23.0 Å². The topological polar surface area (TPSA) is 16.1 Å². The van der Waals surface area contributed by atoms with Gasteiger partial charge >= 0.3 is 0 Å². The van der Waals surface area contributed by atoms with Gasteiger partial charge in [-0.25, -0.2) is 4.98 Å². The van der Waals surface area contributed by atoms with Gasteiger partial charge in [-0.2, -0.15) is 0 Å². The molecular formula is C22H21N2S. The van der Waals surface area contributed by atoms with Crippen LogP contribution in [-0.2, 0) is 5.54 Å². The molecule has 2 nitrogen and oxygen atoms in total. The van der Waals surface area contributed by atoms with Crippen LogP contribution >= 0.6 is 11.3 Å². The van der Waals surface area contributed by atoms with E-state index in [4.69, 9.17) is 4.98 Å². The highest BCUT2D eigenvalue weighted by molar-refractivity contribution is 7.09. The summed E-state index contributed by atoms with van der Waals surface area (Å²) in [6.07, 6.45) is 4.40. The maximum Gasteiger partial charge on any atom is 0.118 e. The van der Waals surface area contributed by atoms with Crippen LogP contribution in [0.15, 0.2) is 72.2 Å². The minimum atomic E-state index is -0.218. The second kappa shape index (κ2) is 6.08. The number of aromatic nitrogens is 1. The second-order valence-electron chi connectivity index (χ2n) is 7.06. The van der Waals surface area contributed by atoms with Crippen molar-refractivity contribution < 1.29 is 0 Å². The zero-order valence-corrected chi connectivity index (χ0v) is 15.0. The normalized spacial score (nSPS) is 29.0. The summed E-state index contributed by atoms with van der Waals surface area (Å²) in [7, 11) is 0. The van der Waals surface area contributed by atoms with Crippen LogP contribution in [0.1, 0.15) is 29.0 Å². The molecule has 3 heteroatoms. The Kier molecular flexibility index (Phi) is 3.72. The van der Waals surface area contributed by atoms with Crippen molar-refractivity contribution in [1.82, 2.24) is 9.88 Å². The first-order chi connectivity index (χ1) is 12.4. The quantitative estimate of drug-likeness (QED) is 0.682. The Labute approximate surface area is 153 Å². The van der Waals surface area contributed by atoms with E-state index in [0.717, 1.165) is 18.9 Å². The molecule has 3 atom stereocenters. The molecule has 0 spiro atoms. The van der Waals surface area contributed by atoms with Gasteiger partial charge in [0.05, 0.1) is 0 Å². The highest BCUT2D eigenvalue weighted by Crippen LogP contribution is 2.55. The Morgan fingerprint density at radius 2 is 1.76 bits per heavy atom. The lowest BCUT2D eigenvalue weighted by Crippen LogP contribution is -2.53. The molecule has 2 aliphatic rings. The summed E-state index contributed by atoms with van der Waals surface area (Å²) in [5.41, 5.74) is 2.49. The number of rotatable bonds is 3. The van der Waals surface area contributed by atoms with Gasteiger partial charge in [0.1, 0.15) is 10.5 Å². The predicted octanol–water partition coefficient (Wildman–Crippen LogP) is 4.74. The summed E-state index contributed by atoms with van der Waals surface area (Å²) in [6, 6.07) is 22.0. The van der Waals surface area contributed by atoms with Gasteiger partial charge in [-0.1, -0.05) is 60.7 Å². The number of piperidine rings is 1. The van der Waals surface area contributed by atoms with Crippen LogP contribution in [0.2, 0.25) is 0 Å². The van der Waals surface area contributed by atoms with Gasteiger partial charge in [-0.15, -0.1) is 11.3 Å². The van der Waals surface area contributed by atoms with Gasteiger partial charge in [0, 0.05) is 24.0 Å². The zero-order chi connectivity index (χ0) is 16.7. The Bertz CT molecular complexity index is 831. The Hall–Kier alpha value is -1.97. The molecule has 125 valence electrons. The van der Waals surface area contributed by atoms with Crippen molar-refractivity contribution >= 4 is 11.3 Å². The van der Waals surface area contributed by atoms with E-state index in [0.29, 0.717) is 0 Å². The summed E-state index contributed by atoms with van der Waals surface area (Å²) < 4.78 is 0. The third-order valence-electron chi connectivity index (χ3n) is 5.75. The monoisotopic (exact) mass is 345 g/mol. The first-order valence-electron chi connectivity index (χ1n) is 9.01. The van der Waals surface area contributed by atoms with Crippen molar-refractivity contribution in [3.8, 4) is 0 Å². The maximum absolute atomic E-state index is 4.84. The molecule has 0 N–H and O–H groups in total. The van der Waals surface area contributed by atoms with E-state index < -0.39 is 0 Å². The highest BCUT2D eigenvalue weighted by atomic mass is 32.1. The van der Waals surface area contributed by atoms with Gasteiger partial charge in [-0.3, -0.25) is 4.90 Å². The molecule has 1 radical (unpaired) electrons. The minimum Gasteiger partial charge on any atom is -0.287 e. The highest BCUT2D eigenvalue weighted by Gasteiger charge is 2.55. The number of hydrogen-bond acceptors (Lipinski definition) is 3. The van der Waals surface area contributed by atoms with Gasteiger partial charge in [0.15, 0.2) is 0 Å². The molecule has 1 aromatic heterocycles.